The van der Waals surface area contributed by atoms with E-state index in [-0.39, 0.29) is 10.5 Å². The lowest BCUT2D eigenvalue weighted by Crippen LogP contribution is -2.30. The van der Waals surface area contributed by atoms with Gasteiger partial charge in [0.05, 0.1) is 6.61 Å². The number of ether oxygens (including phenoxy) is 1. The van der Waals surface area contributed by atoms with Crippen LogP contribution in [-0.4, -0.2) is 25.9 Å². The van der Waals surface area contributed by atoms with Crippen LogP contribution in [0.25, 0.3) is 0 Å². The molecule has 2 rings (SSSR count). The maximum atomic E-state index is 12.0. The first-order valence-corrected chi connectivity index (χ1v) is 7.71. The molecular weight excluding hydrogens is 292 g/mol. The van der Waals surface area contributed by atoms with Crippen molar-refractivity contribution in [2.75, 3.05) is 6.61 Å². The van der Waals surface area contributed by atoms with E-state index in [4.69, 9.17) is 4.74 Å². The Morgan fingerprint density at radius 1 is 1.29 bits per heavy atom. The number of nitrogens with zero attached hydrogens (tertiary/aromatic N) is 1. The fraction of sp³-hybridized carbons (Fsp3) is 0.143. The molecule has 0 saturated carbocycles. The maximum Gasteiger partial charge on any atom is 0.265 e. The molecule has 6 nitrogen and oxygen atoms in total. The summed E-state index contributed by atoms with van der Waals surface area (Å²) in [5.74, 6) is -0.218. The molecule has 7 heteroatoms. The predicted molar refractivity (Wildman–Crippen MR) is 76.5 cm³/mol. The molecule has 0 saturated heterocycles. The van der Waals surface area contributed by atoms with Crippen LogP contribution in [0.4, 0.5) is 0 Å². The molecular formula is C14H14N2O4S. The van der Waals surface area contributed by atoms with Crippen LogP contribution in [0.5, 0.6) is 5.75 Å². The van der Waals surface area contributed by atoms with Crippen LogP contribution in [0.15, 0.2) is 53.7 Å². The molecule has 0 atom stereocenters. The number of carbonyl (C=O) groups excluding carboxylic acids is 1. The molecule has 1 aromatic heterocycles. The van der Waals surface area contributed by atoms with E-state index in [1.54, 1.807) is 12.1 Å². The van der Waals surface area contributed by atoms with Crippen molar-refractivity contribution < 1.29 is 17.9 Å². The molecule has 0 radical (unpaired) electrons. The van der Waals surface area contributed by atoms with Crippen LogP contribution in [0, 0.1) is 0 Å². The predicted octanol–water partition coefficient (Wildman–Crippen LogP) is 1.60. The van der Waals surface area contributed by atoms with Gasteiger partial charge in [0.1, 0.15) is 10.6 Å². The molecule has 1 aromatic carbocycles. The van der Waals surface area contributed by atoms with E-state index in [2.05, 4.69) is 4.98 Å². The first-order chi connectivity index (χ1) is 10.0. The fourth-order valence-electron chi connectivity index (χ4n) is 1.64. The van der Waals surface area contributed by atoms with E-state index >= 15 is 0 Å². The SMILES string of the molecule is CCOc1cccc(C(=O)NS(=O)(=O)c2cccnc2)c1. The highest BCUT2D eigenvalue weighted by Crippen LogP contribution is 2.14. The summed E-state index contributed by atoms with van der Waals surface area (Å²) in [5, 5.41) is 0. The number of sulfonamides is 1. The third-order valence-electron chi connectivity index (χ3n) is 2.58. The average molecular weight is 306 g/mol. The molecule has 0 aliphatic carbocycles. The number of amides is 1. The maximum absolute atomic E-state index is 12.0. The van der Waals surface area contributed by atoms with Gasteiger partial charge in [-0.05, 0) is 37.3 Å². The first kappa shape index (κ1) is 15.0. The number of hydrogen-bond acceptors (Lipinski definition) is 5. The molecule has 2 aromatic rings. The second-order valence-electron chi connectivity index (χ2n) is 4.08. The molecule has 0 bridgehead atoms. The van der Waals surface area contributed by atoms with E-state index in [1.807, 2.05) is 11.6 Å². The van der Waals surface area contributed by atoms with Gasteiger partial charge in [-0.15, -0.1) is 0 Å². The molecule has 1 amide bonds. The van der Waals surface area contributed by atoms with Gasteiger partial charge >= 0.3 is 0 Å². The van der Waals surface area contributed by atoms with Gasteiger partial charge < -0.3 is 4.74 Å². The van der Waals surface area contributed by atoms with Crippen molar-refractivity contribution in [1.29, 1.82) is 0 Å². The Morgan fingerprint density at radius 2 is 2.10 bits per heavy atom. The van der Waals surface area contributed by atoms with Gasteiger partial charge in [0.2, 0.25) is 0 Å². The normalized spacial score (nSPS) is 10.9. The van der Waals surface area contributed by atoms with Gasteiger partial charge in [-0.3, -0.25) is 9.78 Å². The first-order valence-electron chi connectivity index (χ1n) is 6.23. The zero-order valence-corrected chi connectivity index (χ0v) is 12.1. The van der Waals surface area contributed by atoms with Crippen molar-refractivity contribution >= 4 is 15.9 Å². The van der Waals surface area contributed by atoms with Gasteiger partial charge in [-0.25, -0.2) is 13.1 Å². The minimum absolute atomic E-state index is 0.0701. The third kappa shape index (κ3) is 3.79. The number of nitrogens with one attached hydrogen (secondary N) is 1. The van der Waals surface area contributed by atoms with Gasteiger partial charge in [0, 0.05) is 18.0 Å². The molecule has 0 spiro atoms. The summed E-state index contributed by atoms with van der Waals surface area (Å²) in [6.07, 6.45) is 2.62. The van der Waals surface area contributed by atoms with E-state index in [9.17, 15) is 13.2 Å². The molecule has 110 valence electrons. The highest BCUT2D eigenvalue weighted by atomic mass is 32.2. The number of rotatable bonds is 5. The number of carbonyl (C=O) groups is 1. The summed E-state index contributed by atoms with van der Waals surface area (Å²) in [6.45, 7) is 2.28. The van der Waals surface area contributed by atoms with Crippen LogP contribution in [0.3, 0.4) is 0 Å². The topological polar surface area (TPSA) is 85.4 Å². The highest BCUT2D eigenvalue weighted by Gasteiger charge is 2.18. The lowest BCUT2D eigenvalue weighted by molar-refractivity contribution is 0.0981. The standard InChI is InChI=1S/C14H14N2O4S/c1-2-20-12-6-3-5-11(9-12)14(17)16-21(18,19)13-7-4-8-15-10-13/h3-10H,2H2,1H3,(H,16,17). The largest absolute Gasteiger partial charge is 0.494 e. The quantitative estimate of drug-likeness (QED) is 0.907. The molecule has 0 fully saturated rings. The van der Waals surface area contributed by atoms with Crippen LogP contribution in [0.2, 0.25) is 0 Å². The number of pyridine rings is 1. The zero-order chi connectivity index (χ0) is 15.3. The summed E-state index contributed by atoms with van der Waals surface area (Å²) in [5.41, 5.74) is 0.202. The average Bonchev–Trinajstić information content (AvgIpc) is 2.48. The summed E-state index contributed by atoms with van der Waals surface area (Å²) in [7, 11) is -3.94. The molecule has 1 heterocycles. The molecule has 0 aliphatic rings. The van der Waals surface area contributed by atoms with E-state index in [1.165, 1.54) is 36.7 Å². The van der Waals surface area contributed by atoms with Crippen LogP contribution < -0.4 is 9.46 Å². The summed E-state index contributed by atoms with van der Waals surface area (Å²) in [6, 6.07) is 9.15. The third-order valence-corrected chi connectivity index (χ3v) is 3.90. The Hall–Kier alpha value is -2.41. The van der Waals surface area contributed by atoms with Gasteiger partial charge in [-0.1, -0.05) is 6.07 Å². The zero-order valence-electron chi connectivity index (χ0n) is 11.3. The second kappa shape index (κ2) is 6.36. The monoisotopic (exact) mass is 306 g/mol. The molecule has 0 unspecified atom stereocenters. The summed E-state index contributed by atoms with van der Waals surface area (Å²) < 4.78 is 31.3. The van der Waals surface area contributed by atoms with Crippen molar-refractivity contribution in [3.63, 3.8) is 0 Å². The summed E-state index contributed by atoms with van der Waals surface area (Å²) in [4.78, 5) is 15.7. The van der Waals surface area contributed by atoms with E-state index in [0.717, 1.165) is 0 Å². The van der Waals surface area contributed by atoms with Gasteiger partial charge in [0.25, 0.3) is 15.9 Å². The van der Waals surface area contributed by atoms with E-state index < -0.39 is 15.9 Å². The van der Waals surface area contributed by atoms with Crippen LogP contribution in [0.1, 0.15) is 17.3 Å². The Kier molecular flexibility index (Phi) is 4.54. The van der Waals surface area contributed by atoms with Crippen molar-refractivity contribution in [1.82, 2.24) is 9.71 Å². The Morgan fingerprint density at radius 3 is 2.76 bits per heavy atom. The van der Waals surface area contributed by atoms with Crippen molar-refractivity contribution in [2.45, 2.75) is 11.8 Å². The number of hydrogen-bond donors (Lipinski definition) is 1. The van der Waals surface area contributed by atoms with Crippen molar-refractivity contribution in [2.24, 2.45) is 0 Å². The fourth-order valence-corrected chi connectivity index (χ4v) is 2.58. The number of benzene rings is 1. The minimum atomic E-state index is -3.94. The van der Waals surface area contributed by atoms with Crippen LogP contribution >= 0.6 is 0 Å². The van der Waals surface area contributed by atoms with Crippen LogP contribution in [-0.2, 0) is 10.0 Å². The van der Waals surface area contributed by atoms with E-state index in [0.29, 0.717) is 12.4 Å². The second-order valence-corrected chi connectivity index (χ2v) is 5.77. The Balaban J connectivity index is 2.20. The number of aromatic nitrogens is 1. The highest BCUT2D eigenvalue weighted by molar-refractivity contribution is 7.90. The molecule has 0 aliphatic heterocycles. The molecule has 21 heavy (non-hydrogen) atoms. The van der Waals surface area contributed by atoms with Crippen molar-refractivity contribution in [3.8, 4) is 5.75 Å². The minimum Gasteiger partial charge on any atom is -0.494 e. The Bertz CT molecular complexity index is 730. The Labute approximate surface area is 122 Å². The van der Waals surface area contributed by atoms with Gasteiger partial charge in [0.15, 0.2) is 0 Å². The van der Waals surface area contributed by atoms with Crippen molar-refractivity contribution in [3.05, 3.63) is 54.4 Å². The lowest BCUT2D eigenvalue weighted by Gasteiger charge is -2.08. The van der Waals surface area contributed by atoms with Gasteiger partial charge in [-0.2, -0.15) is 0 Å². The molecule has 1 N–H and O–H groups in total. The smallest absolute Gasteiger partial charge is 0.265 e. The summed E-state index contributed by atoms with van der Waals surface area (Å²) >= 11 is 0. The lowest BCUT2D eigenvalue weighted by atomic mass is 10.2.